The number of aliphatic carboxylic acids is 1. The third kappa shape index (κ3) is 3.44. The van der Waals surface area contributed by atoms with Gasteiger partial charge >= 0.3 is 5.97 Å². The minimum atomic E-state index is -0.784. The van der Waals surface area contributed by atoms with E-state index in [2.05, 4.69) is 30.8 Å². The van der Waals surface area contributed by atoms with Crippen LogP contribution in [-0.4, -0.2) is 45.4 Å². The van der Waals surface area contributed by atoms with Gasteiger partial charge in [-0.2, -0.15) is 5.10 Å². The Morgan fingerprint density at radius 1 is 1.26 bits per heavy atom. The van der Waals surface area contributed by atoms with Crippen LogP contribution in [0.15, 0.2) is 0 Å². The third-order valence-electron chi connectivity index (χ3n) is 5.47. The molecule has 128 valence electrons. The Morgan fingerprint density at radius 2 is 1.91 bits per heavy atom. The molecule has 3 aliphatic rings. The van der Waals surface area contributed by atoms with Crippen molar-refractivity contribution in [3.05, 3.63) is 17.0 Å². The van der Waals surface area contributed by atoms with Crippen molar-refractivity contribution in [2.24, 2.45) is 5.92 Å². The second-order valence-corrected chi connectivity index (χ2v) is 7.00. The van der Waals surface area contributed by atoms with Gasteiger partial charge in [-0.05, 0) is 57.2 Å². The molecule has 5 nitrogen and oxygen atoms in total. The molecule has 1 heterocycles. The Bertz CT molecular complexity index is 568. The van der Waals surface area contributed by atoms with Gasteiger partial charge in [0.15, 0.2) is 0 Å². The van der Waals surface area contributed by atoms with Crippen molar-refractivity contribution >= 4 is 5.97 Å². The Hall–Kier alpha value is -1.36. The van der Waals surface area contributed by atoms with Crippen LogP contribution in [0, 0.1) is 5.92 Å². The number of rotatable bonds is 6. The molecule has 2 saturated carbocycles. The first-order chi connectivity index (χ1) is 11.1. The zero-order valence-corrected chi connectivity index (χ0v) is 14.6. The topological polar surface area (TPSA) is 58.4 Å². The van der Waals surface area contributed by atoms with E-state index in [0.29, 0.717) is 5.92 Å². The highest BCUT2D eigenvalue weighted by atomic mass is 16.4. The highest BCUT2D eigenvalue weighted by Crippen LogP contribution is 2.59. The molecule has 5 heteroatoms. The maximum Gasteiger partial charge on any atom is 0.325 e. The van der Waals surface area contributed by atoms with Gasteiger partial charge in [0.1, 0.15) is 6.54 Å². The van der Waals surface area contributed by atoms with Crippen molar-refractivity contribution < 1.29 is 9.90 Å². The summed E-state index contributed by atoms with van der Waals surface area (Å²) in [6.45, 7) is 10.2. The minimum Gasteiger partial charge on any atom is -0.480 e. The summed E-state index contributed by atoms with van der Waals surface area (Å²) in [6.07, 6.45) is 4.86. The first-order valence-corrected chi connectivity index (χ1v) is 9.12. The summed E-state index contributed by atoms with van der Waals surface area (Å²) in [4.78, 5) is 13.2. The van der Waals surface area contributed by atoms with Crippen LogP contribution in [0.2, 0.25) is 0 Å². The van der Waals surface area contributed by atoms with Gasteiger partial charge < -0.3 is 10.0 Å². The van der Waals surface area contributed by atoms with Crippen LogP contribution in [-0.2, 0) is 17.8 Å². The van der Waals surface area contributed by atoms with Crippen molar-refractivity contribution in [1.29, 1.82) is 0 Å². The van der Waals surface area contributed by atoms with E-state index in [4.69, 9.17) is 5.11 Å². The third-order valence-corrected chi connectivity index (χ3v) is 5.47. The summed E-state index contributed by atoms with van der Waals surface area (Å²) in [5.74, 6) is 1.40. The van der Waals surface area contributed by atoms with E-state index in [9.17, 15) is 4.79 Å². The van der Waals surface area contributed by atoms with Crippen molar-refractivity contribution in [2.45, 2.75) is 64.8 Å². The Kier molecular flexibility index (Phi) is 4.76. The van der Waals surface area contributed by atoms with Gasteiger partial charge in [0.05, 0.1) is 5.69 Å². The van der Waals surface area contributed by atoms with Crippen LogP contribution in [0.25, 0.3) is 0 Å². The second-order valence-electron chi connectivity index (χ2n) is 7.00. The lowest BCUT2D eigenvalue weighted by atomic mass is 10.1. The quantitative estimate of drug-likeness (QED) is 0.876. The molecule has 1 aromatic heterocycles. The monoisotopic (exact) mass is 319 g/mol. The molecule has 0 unspecified atom stereocenters. The van der Waals surface area contributed by atoms with Crippen molar-refractivity contribution in [2.75, 3.05) is 19.6 Å². The number of fused-ring (bicyclic) bond motifs is 3. The van der Waals surface area contributed by atoms with E-state index >= 15 is 0 Å². The van der Waals surface area contributed by atoms with E-state index in [-0.39, 0.29) is 6.54 Å². The van der Waals surface area contributed by atoms with Gasteiger partial charge in [-0.1, -0.05) is 20.8 Å². The highest BCUT2D eigenvalue weighted by Gasteiger charge is 2.50. The molecule has 0 aromatic carbocycles. The fraction of sp³-hybridized carbons (Fsp3) is 0.778. The van der Waals surface area contributed by atoms with Gasteiger partial charge in [-0.25, -0.2) is 0 Å². The smallest absolute Gasteiger partial charge is 0.325 e. The molecule has 0 aliphatic heterocycles. The van der Waals surface area contributed by atoms with E-state index in [1.165, 1.54) is 55.8 Å². The van der Waals surface area contributed by atoms with Gasteiger partial charge in [-0.15, -0.1) is 0 Å². The molecule has 4 rings (SSSR count). The standard InChI is InChI=1S/C12H14N2O2.C6H15N/c15-10(16)5-14-9-4-7-3-8(7)11(9)12(13-14)6-1-2-6;1-4-7(5-2)6-3/h6-8H,1-5H2,(H,15,16);4-6H2,1-3H3/t7-,8-;/m0./s1. The van der Waals surface area contributed by atoms with E-state index in [1.54, 1.807) is 4.68 Å². The second kappa shape index (κ2) is 6.63. The summed E-state index contributed by atoms with van der Waals surface area (Å²) >= 11 is 0. The number of aromatic nitrogens is 2. The van der Waals surface area contributed by atoms with Crippen molar-refractivity contribution in [1.82, 2.24) is 14.7 Å². The van der Waals surface area contributed by atoms with E-state index < -0.39 is 5.97 Å². The molecule has 0 bridgehead atoms. The first kappa shape index (κ1) is 16.5. The molecule has 0 spiro atoms. The molecule has 1 N–H and O–H groups in total. The average molecular weight is 319 g/mol. The van der Waals surface area contributed by atoms with Crippen LogP contribution >= 0.6 is 0 Å². The molecule has 0 saturated heterocycles. The Balaban J connectivity index is 0.000000193. The fourth-order valence-electron chi connectivity index (χ4n) is 3.81. The van der Waals surface area contributed by atoms with Crippen LogP contribution in [0.3, 0.4) is 0 Å². The maximum absolute atomic E-state index is 10.8. The summed E-state index contributed by atoms with van der Waals surface area (Å²) in [5, 5.41) is 13.4. The van der Waals surface area contributed by atoms with Crippen LogP contribution in [0.5, 0.6) is 0 Å². The SMILES string of the molecule is CCN(CC)CC.O=C(O)Cn1nc(C2CC2)c2c1C[C@@H]1C[C@H]21. The predicted octanol–water partition coefficient (Wildman–Crippen LogP) is 2.85. The summed E-state index contributed by atoms with van der Waals surface area (Å²) in [5.41, 5.74) is 3.90. The lowest BCUT2D eigenvalue weighted by Gasteiger charge is -2.13. The Morgan fingerprint density at radius 3 is 2.39 bits per heavy atom. The lowest BCUT2D eigenvalue weighted by molar-refractivity contribution is -0.137. The zero-order chi connectivity index (χ0) is 16.6. The largest absolute Gasteiger partial charge is 0.480 e. The molecule has 3 aliphatic carbocycles. The summed E-state index contributed by atoms with van der Waals surface area (Å²) in [6, 6.07) is 0. The van der Waals surface area contributed by atoms with Crippen LogP contribution < -0.4 is 0 Å². The lowest BCUT2D eigenvalue weighted by Crippen LogP contribution is -2.21. The van der Waals surface area contributed by atoms with E-state index in [1.807, 2.05) is 0 Å². The van der Waals surface area contributed by atoms with Gasteiger partial charge in [0, 0.05) is 17.2 Å². The molecular weight excluding hydrogens is 290 g/mol. The van der Waals surface area contributed by atoms with Crippen molar-refractivity contribution in [3.63, 3.8) is 0 Å². The molecule has 0 radical (unpaired) electrons. The molecular formula is C18H29N3O2. The normalized spacial score (nSPS) is 24.0. The number of hydrogen-bond donors (Lipinski definition) is 1. The van der Waals surface area contributed by atoms with Crippen molar-refractivity contribution in [3.8, 4) is 0 Å². The number of hydrogen-bond acceptors (Lipinski definition) is 3. The number of nitrogens with zero attached hydrogens (tertiary/aromatic N) is 3. The Labute approximate surface area is 138 Å². The fourth-order valence-corrected chi connectivity index (χ4v) is 3.81. The van der Waals surface area contributed by atoms with Gasteiger partial charge in [0.25, 0.3) is 0 Å². The highest BCUT2D eigenvalue weighted by molar-refractivity contribution is 5.66. The van der Waals surface area contributed by atoms with Crippen LogP contribution in [0.4, 0.5) is 0 Å². The average Bonchev–Trinajstić information content (AvgIpc) is 3.43. The molecule has 23 heavy (non-hydrogen) atoms. The molecule has 0 amide bonds. The number of carboxylic acid groups (broad SMARTS) is 1. The van der Waals surface area contributed by atoms with E-state index in [0.717, 1.165) is 18.3 Å². The molecule has 1 aromatic rings. The molecule has 2 fully saturated rings. The minimum absolute atomic E-state index is 0.0362. The zero-order valence-electron chi connectivity index (χ0n) is 14.6. The predicted molar refractivity (Wildman–Crippen MR) is 89.9 cm³/mol. The number of carboxylic acids is 1. The van der Waals surface area contributed by atoms with Gasteiger partial charge in [-0.3, -0.25) is 9.48 Å². The van der Waals surface area contributed by atoms with Gasteiger partial charge in [0.2, 0.25) is 0 Å². The van der Waals surface area contributed by atoms with Crippen LogP contribution in [0.1, 0.15) is 68.8 Å². The summed E-state index contributed by atoms with van der Waals surface area (Å²) < 4.78 is 1.75. The summed E-state index contributed by atoms with van der Waals surface area (Å²) in [7, 11) is 0. The maximum atomic E-state index is 10.8. The number of carbonyl (C=O) groups is 1. The first-order valence-electron chi connectivity index (χ1n) is 9.12. The molecule has 2 atom stereocenters.